The number of aromatic nitrogens is 1. The first-order valence-corrected chi connectivity index (χ1v) is 8.21. The van der Waals surface area contributed by atoms with E-state index in [1.807, 2.05) is 6.07 Å². The van der Waals surface area contributed by atoms with Gasteiger partial charge in [-0.1, -0.05) is 50.6 Å². The molecule has 118 valence electrons. The molecule has 0 aliphatic rings. The molecule has 4 nitrogen and oxygen atoms in total. The predicted octanol–water partition coefficient (Wildman–Crippen LogP) is 3.43. The molecule has 22 heavy (non-hydrogen) atoms. The lowest BCUT2D eigenvalue weighted by Gasteiger charge is -2.32. The molecule has 0 bridgehead atoms. The first-order chi connectivity index (χ1) is 10.3. The minimum atomic E-state index is -0.155. The van der Waals surface area contributed by atoms with Gasteiger partial charge in [-0.25, -0.2) is 4.98 Å². The molecule has 0 aliphatic carbocycles. The van der Waals surface area contributed by atoms with Crippen LogP contribution in [-0.4, -0.2) is 10.9 Å². The van der Waals surface area contributed by atoms with Crippen LogP contribution < -0.4 is 11.1 Å². The number of rotatable bonds is 4. The summed E-state index contributed by atoms with van der Waals surface area (Å²) in [6.07, 6.45) is 0. The van der Waals surface area contributed by atoms with E-state index in [2.05, 4.69) is 56.2 Å². The van der Waals surface area contributed by atoms with E-state index in [-0.39, 0.29) is 17.4 Å². The summed E-state index contributed by atoms with van der Waals surface area (Å²) in [5.41, 5.74) is 8.18. The third kappa shape index (κ3) is 3.93. The minimum Gasteiger partial charge on any atom is -0.343 e. The summed E-state index contributed by atoms with van der Waals surface area (Å²) >= 11 is 1.41. The van der Waals surface area contributed by atoms with E-state index in [9.17, 15) is 4.79 Å². The van der Waals surface area contributed by atoms with Crippen molar-refractivity contribution in [1.82, 2.24) is 10.3 Å². The second-order valence-electron chi connectivity index (χ2n) is 6.52. The van der Waals surface area contributed by atoms with Gasteiger partial charge in [0, 0.05) is 11.9 Å². The Morgan fingerprint density at radius 2 is 2.14 bits per heavy atom. The molecule has 0 radical (unpaired) electrons. The monoisotopic (exact) mass is 317 g/mol. The Morgan fingerprint density at radius 3 is 2.68 bits per heavy atom. The SMILES string of the molecule is Cc1cccc(C(NC(=O)c2csc(CN)n2)C(C)(C)C)c1. The van der Waals surface area contributed by atoms with E-state index in [4.69, 9.17) is 5.73 Å². The van der Waals surface area contributed by atoms with E-state index in [1.165, 1.54) is 16.9 Å². The first-order valence-electron chi connectivity index (χ1n) is 7.33. The van der Waals surface area contributed by atoms with Crippen LogP contribution in [0.5, 0.6) is 0 Å². The highest BCUT2D eigenvalue weighted by molar-refractivity contribution is 7.09. The first kappa shape index (κ1) is 16.6. The molecule has 5 heteroatoms. The summed E-state index contributed by atoms with van der Waals surface area (Å²) in [7, 11) is 0. The number of carbonyl (C=O) groups is 1. The fraction of sp³-hybridized carbons (Fsp3) is 0.412. The zero-order valence-corrected chi connectivity index (χ0v) is 14.3. The van der Waals surface area contributed by atoms with Gasteiger partial charge in [-0.3, -0.25) is 4.79 Å². The molecule has 0 aliphatic heterocycles. The summed E-state index contributed by atoms with van der Waals surface area (Å²) in [5, 5.41) is 5.65. The van der Waals surface area contributed by atoms with Crippen molar-refractivity contribution in [3.05, 3.63) is 51.5 Å². The van der Waals surface area contributed by atoms with Gasteiger partial charge in [0.15, 0.2) is 0 Å². The molecule has 0 saturated carbocycles. The van der Waals surface area contributed by atoms with Gasteiger partial charge in [0.05, 0.1) is 6.04 Å². The highest BCUT2D eigenvalue weighted by Crippen LogP contribution is 2.33. The smallest absolute Gasteiger partial charge is 0.271 e. The van der Waals surface area contributed by atoms with Crippen molar-refractivity contribution >= 4 is 17.2 Å². The average Bonchev–Trinajstić information content (AvgIpc) is 2.92. The Morgan fingerprint density at radius 1 is 1.41 bits per heavy atom. The van der Waals surface area contributed by atoms with Crippen LogP contribution >= 0.6 is 11.3 Å². The molecule has 0 fully saturated rings. The van der Waals surface area contributed by atoms with Crippen LogP contribution in [-0.2, 0) is 6.54 Å². The van der Waals surface area contributed by atoms with Crippen LogP contribution in [0.3, 0.4) is 0 Å². The number of carbonyl (C=O) groups excluding carboxylic acids is 1. The largest absolute Gasteiger partial charge is 0.343 e. The Bertz CT molecular complexity index is 658. The zero-order valence-electron chi connectivity index (χ0n) is 13.5. The number of thiazole rings is 1. The van der Waals surface area contributed by atoms with Gasteiger partial charge < -0.3 is 11.1 Å². The number of nitrogens with zero attached hydrogens (tertiary/aromatic N) is 1. The van der Waals surface area contributed by atoms with Gasteiger partial charge >= 0.3 is 0 Å². The van der Waals surface area contributed by atoms with Gasteiger partial charge in [-0.15, -0.1) is 11.3 Å². The number of amides is 1. The fourth-order valence-electron chi connectivity index (χ4n) is 2.36. The van der Waals surface area contributed by atoms with E-state index >= 15 is 0 Å². The van der Waals surface area contributed by atoms with Crippen molar-refractivity contribution in [2.24, 2.45) is 11.1 Å². The van der Waals surface area contributed by atoms with Gasteiger partial charge in [0.25, 0.3) is 5.91 Å². The molecule has 2 aromatic rings. The summed E-state index contributed by atoms with van der Waals surface area (Å²) < 4.78 is 0. The molecule has 1 atom stereocenters. The lowest BCUT2D eigenvalue weighted by Crippen LogP contribution is -2.36. The van der Waals surface area contributed by atoms with Crippen LogP contribution in [0, 0.1) is 12.3 Å². The summed E-state index contributed by atoms with van der Waals surface area (Å²) in [4.78, 5) is 16.7. The molecular weight excluding hydrogens is 294 g/mol. The average molecular weight is 317 g/mol. The van der Waals surface area contributed by atoms with Crippen LogP contribution in [0.2, 0.25) is 0 Å². The molecule has 0 spiro atoms. The minimum absolute atomic E-state index is 0.0806. The third-order valence-electron chi connectivity index (χ3n) is 3.48. The molecule has 0 saturated heterocycles. The third-order valence-corrected chi connectivity index (χ3v) is 4.35. The Hall–Kier alpha value is -1.72. The topological polar surface area (TPSA) is 68.0 Å². The van der Waals surface area contributed by atoms with Crippen LogP contribution in [0.15, 0.2) is 29.6 Å². The summed E-state index contributed by atoms with van der Waals surface area (Å²) in [6, 6.07) is 8.16. The molecule has 1 heterocycles. The Balaban J connectivity index is 2.26. The van der Waals surface area contributed by atoms with Crippen molar-refractivity contribution in [1.29, 1.82) is 0 Å². The molecule has 1 aromatic heterocycles. The molecule has 2 rings (SSSR count). The summed E-state index contributed by atoms with van der Waals surface area (Å²) in [5.74, 6) is -0.155. The van der Waals surface area contributed by atoms with Crippen molar-refractivity contribution in [2.75, 3.05) is 0 Å². The van der Waals surface area contributed by atoms with Crippen LogP contribution in [0.1, 0.15) is 53.4 Å². The highest BCUT2D eigenvalue weighted by Gasteiger charge is 2.28. The van der Waals surface area contributed by atoms with E-state index in [1.54, 1.807) is 5.38 Å². The maximum Gasteiger partial charge on any atom is 0.271 e. The van der Waals surface area contributed by atoms with E-state index in [0.29, 0.717) is 12.2 Å². The van der Waals surface area contributed by atoms with Crippen molar-refractivity contribution in [3.8, 4) is 0 Å². The number of benzene rings is 1. The van der Waals surface area contributed by atoms with Gasteiger partial charge in [0.2, 0.25) is 0 Å². The summed E-state index contributed by atoms with van der Waals surface area (Å²) in [6.45, 7) is 8.77. The van der Waals surface area contributed by atoms with Gasteiger partial charge in [-0.2, -0.15) is 0 Å². The molecule has 1 aromatic carbocycles. The quantitative estimate of drug-likeness (QED) is 0.908. The predicted molar refractivity (Wildman–Crippen MR) is 90.8 cm³/mol. The lowest BCUT2D eigenvalue weighted by molar-refractivity contribution is 0.0897. The number of hydrogen-bond acceptors (Lipinski definition) is 4. The van der Waals surface area contributed by atoms with Crippen molar-refractivity contribution in [3.63, 3.8) is 0 Å². The maximum atomic E-state index is 12.5. The van der Waals surface area contributed by atoms with Crippen molar-refractivity contribution < 1.29 is 4.79 Å². The van der Waals surface area contributed by atoms with Crippen LogP contribution in [0.25, 0.3) is 0 Å². The van der Waals surface area contributed by atoms with Gasteiger partial charge in [0.1, 0.15) is 10.7 Å². The number of nitrogens with one attached hydrogen (secondary N) is 1. The Labute approximate surface area is 135 Å². The molecular formula is C17H23N3OS. The van der Waals surface area contributed by atoms with Crippen LogP contribution in [0.4, 0.5) is 0 Å². The molecule has 1 amide bonds. The number of hydrogen-bond donors (Lipinski definition) is 2. The second kappa shape index (κ2) is 6.58. The van der Waals surface area contributed by atoms with Crippen molar-refractivity contribution in [2.45, 2.75) is 40.3 Å². The van der Waals surface area contributed by atoms with Gasteiger partial charge in [-0.05, 0) is 17.9 Å². The standard InChI is InChI=1S/C17H23N3OS/c1-11-6-5-7-12(8-11)15(17(2,3)4)20-16(21)13-10-22-14(9-18)19-13/h5-8,10,15H,9,18H2,1-4H3,(H,20,21). The molecule has 1 unspecified atom stereocenters. The number of aryl methyl sites for hydroxylation is 1. The number of nitrogens with two attached hydrogens (primary N) is 1. The van der Waals surface area contributed by atoms with E-state index in [0.717, 1.165) is 10.6 Å². The highest BCUT2D eigenvalue weighted by atomic mass is 32.1. The zero-order chi connectivity index (χ0) is 16.3. The normalized spacial score (nSPS) is 13.0. The molecule has 3 N–H and O–H groups in total. The van der Waals surface area contributed by atoms with E-state index < -0.39 is 0 Å². The maximum absolute atomic E-state index is 12.5. The Kier molecular flexibility index (Phi) is 4.98. The fourth-order valence-corrected chi connectivity index (χ4v) is 3.02. The second-order valence-corrected chi connectivity index (χ2v) is 7.46. The lowest BCUT2D eigenvalue weighted by atomic mass is 9.82.